The maximum absolute atomic E-state index is 12.9. The van der Waals surface area contributed by atoms with Crippen molar-refractivity contribution in [2.24, 2.45) is 0 Å². The molecule has 140 valence electrons. The van der Waals surface area contributed by atoms with Gasteiger partial charge in [0.1, 0.15) is 6.10 Å². The highest BCUT2D eigenvalue weighted by Crippen LogP contribution is 2.26. The molecule has 0 unspecified atom stereocenters. The van der Waals surface area contributed by atoms with Gasteiger partial charge in [0, 0.05) is 18.4 Å². The fraction of sp³-hybridized carbons (Fsp3) is 0.474. The molecule has 0 spiro atoms. The van der Waals surface area contributed by atoms with E-state index in [9.17, 15) is 8.42 Å². The second-order valence-electron chi connectivity index (χ2n) is 6.97. The Labute approximate surface area is 155 Å². The highest BCUT2D eigenvalue weighted by Gasteiger charge is 2.28. The molecule has 3 rings (SSSR count). The average molecular weight is 375 g/mol. The van der Waals surface area contributed by atoms with Gasteiger partial charge in [-0.25, -0.2) is 23.1 Å². The lowest BCUT2D eigenvalue weighted by atomic mass is 9.94. The van der Waals surface area contributed by atoms with Gasteiger partial charge in [-0.05, 0) is 63.6 Å². The highest BCUT2D eigenvalue weighted by atomic mass is 32.2. The Morgan fingerprint density at radius 1 is 1.00 bits per heavy atom. The smallest absolute Gasteiger partial charge is 0.316 e. The molecule has 1 aliphatic carbocycles. The molecule has 1 aromatic carbocycles. The van der Waals surface area contributed by atoms with Crippen LogP contribution in [0, 0.1) is 20.8 Å². The number of ether oxygens (including phenoxy) is 1. The molecule has 1 aliphatic rings. The molecule has 1 fully saturated rings. The molecule has 26 heavy (non-hydrogen) atoms. The van der Waals surface area contributed by atoms with E-state index in [0.717, 1.165) is 42.4 Å². The minimum atomic E-state index is -3.53. The number of hydrogen-bond acceptors (Lipinski definition) is 5. The number of aryl methyl sites for hydroxylation is 3. The van der Waals surface area contributed by atoms with Crippen molar-refractivity contribution in [1.29, 1.82) is 0 Å². The van der Waals surface area contributed by atoms with Crippen LogP contribution in [-0.4, -0.2) is 30.5 Å². The van der Waals surface area contributed by atoms with Crippen LogP contribution in [0.4, 0.5) is 0 Å². The van der Waals surface area contributed by atoms with Gasteiger partial charge >= 0.3 is 6.01 Å². The minimum Gasteiger partial charge on any atom is -0.460 e. The van der Waals surface area contributed by atoms with Crippen LogP contribution in [0.25, 0.3) is 0 Å². The summed E-state index contributed by atoms with van der Waals surface area (Å²) in [5, 5.41) is 0. The summed E-state index contributed by atoms with van der Waals surface area (Å²) in [5.41, 5.74) is 2.64. The first kappa shape index (κ1) is 18.8. The first-order valence-electron chi connectivity index (χ1n) is 8.89. The number of benzene rings is 1. The normalized spacial score (nSPS) is 20.7. The Balaban J connectivity index is 1.62. The molecule has 1 saturated carbocycles. The van der Waals surface area contributed by atoms with E-state index in [2.05, 4.69) is 14.7 Å². The Morgan fingerprint density at radius 2 is 1.58 bits per heavy atom. The second kappa shape index (κ2) is 7.72. The fourth-order valence-corrected chi connectivity index (χ4v) is 5.42. The van der Waals surface area contributed by atoms with E-state index < -0.39 is 10.0 Å². The SMILES string of the molecule is Cc1cc(C)c(S(=O)(=O)NC2CCC(Oc3ncccn3)CC2)c(C)c1. The van der Waals surface area contributed by atoms with E-state index in [1.165, 1.54) is 0 Å². The van der Waals surface area contributed by atoms with E-state index >= 15 is 0 Å². The predicted octanol–water partition coefficient (Wildman–Crippen LogP) is 3.07. The van der Waals surface area contributed by atoms with Gasteiger partial charge in [0.2, 0.25) is 10.0 Å². The standard InChI is InChI=1S/C19H25N3O3S/c1-13-11-14(2)18(15(3)12-13)26(23,24)22-16-5-7-17(8-6-16)25-19-20-9-4-10-21-19/h4,9-12,16-17,22H,5-8H2,1-3H3. The van der Waals surface area contributed by atoms with Crippen molar-refractivity contribution >= 4 is 10.0 Å². The number of nitrogens with one attached hydrogen (secondary N) is 1. The average Bonchev–Trinajstić information content (AvgIpc) is 2.56. The lowest BCUT2D eigenvalue weighted by Crippen LogP contribution is -2.40. The number of sulfonamides is 1. The van der Waals surface area contributed by atoms with Crippen molar-refractivity contribution in [3.63, 3.8) is 0 Å². The Morgan fingerprint density at radius 3 is 2.15 bits per heavy atom. The maximum Gasteiger partial charge on any atom is 0.316 e. The molecule has 6 nitrogen and oxygen atoms in total. The zero-order valence-electron chi connectivity index (χ0n) is 15.4. The van der Waals surface area contributed by atoms with Crippen LogP contribution >= 0.6 is 0 Å². The molecule has 0 bridgehead atoms. The van der Waals surface area contributed by atoms with Crippen LogP contribution in [0.5, 0.6) is 6.01 Å². The molecule has 1 N–H and O–H groups in total. The summed E-state index contributed by atoms with van der Waals surface area (Å²) in [7, 11) is -3.53. The van der Waals surface area contributed by atoms with Crippen molar-refractivity contribution < 1.29 is 13.2 Å². The number of nitrogens with zero attached hydrogens (tertiary/aromatic N) is 2. The van der Waals surface area contributed by atoms with Crippen molar-refractivity contribution in [2.45, 2.75) is 63.5 Å². The molecule has 0 atom stereocenters. The summed E-state index contributed by atoms with van der Waals surface area (Å²) in [6.45, 7) is 5.67. The van der Waals surface area contributed by atoms with Gasteiger partial charge in [0.15, 0.2) is 0 Å². The molecule has 1 aromatic heterocycles. The molecule has 0 aliphatic heterocycles. The molecule has 0 amide bonds. The molecule has 0 radical (unpaired) electrons. The topological polar surface area (TPSA) is 81.2 Å². The number of hydrogen-bond donors (Lipinski definition) is 1. The van der Waals surface area contributed by atoms with E-state index in [1.54, 1.807) is 18.5 Å². The number of rotatable bonds is 5. The van der Waals surface area contributed by atoms with Crippen molar-refractivity contribution in [1.82, 2.24) is 14.7 Å². The largest absolute Gasteiger partial charge is 0.460 e. The third kappa shape index (κ3) is 4.40. The monoisotopic (exact) mass is 375 g/mol. The van der Waals surface area contributed by atoms with Crippen LogP contribution in [-0.2, 0) is 10.0 Å². The van der Waals surface area contributed by atoms with Crippen LogP contribution in [0.2, 0.25) is 0 Å². The van der Waals surface area contributed by atoms with Crippen molar-refractivity contribution in [3.05, 3.63) is 47.3 Å². The maximum atomic E-state index is 12.9. The summed E-state index contributed by atoms with van der Waals surface area (Å²) in [6, 6.07) is 5.87. The second-order valence-corrected chi connectivity index (χ2v) is 8.62. The van der Waals surface area contributed by atoms with Gasteiger partial charge in [-0.3, -0.25) is 0 Å². The summed E-state index contributed by atoms with van der Waals surface area (Å²) in [4.78, 5) is 8.55. The predicted molar refractivity (Wildman–Crippen MR) is 99.7 cm³/mol. The molecule has 2 aromatic rings. The zero-order valence-corrected chi connectivity index (χ0v) is 16.2. The van der Waals surface area contributed by atoms with Crippen LogP contribution in [0.15, 0.2) is 35.5 Å². The first-order chi connectivity index (χ1) is 12.3. The van der Waals surface area contributed by atoms with Crippen molar-refractivity contribution in [3.8, 4) is 6.01 Å². The Kier molecular flexibility index (Phi) is 5.58. The van der Waals surface area contributed by atoms with Gasteiger partial charge in [0.25, 0.3) is 0 Å². The molecule has 0 saturated heterocycles. The molecule has 1 heterocycles. The van der Waals surface area contributed by atoms with Crippen molar-refractivity contribution in [2.75, 3.05) is 0 Å². The zero-order chi connectivity index (χ0) is 18.7. The highest BCUT2D eigenvalue weighted by molar-refractivity contribution is 7.89. The van der Waals surface area contributed by atoms with Crippen LogP contribution in [0.1, 0.15) is 42.4 Å². The van der Waals surface area contributed by atoms with Gasteiger partial charge < -0.3 is 4.74 Å². The summed E-state index contributed by atoms with van der Waals surface area (Å²) < 4.78 is 34.4. The van der Waals surface area contributed by atoms with Gasteiger partial charge in [-0.2, -0.15) is 0 Å². The number of aromatic nitrogens is 2. The third-order valence-electron chi connectivity index (χ3n) is 4.68. The van der Waals surface area contributed by atoms with Crippen LogP contribution < -0.4 is 9.46 Å². The summed E-state index contributed by atoms with van der Waals surface area (Å²) >= 11 is 0. The minimum absolute atomic E-state index is 0.0287. The van der Waals surface area contributed by atoms with Crippen LogP contribution in [0.3, 0.4) is 0 Å². The molecule has 7 heteroatoms. The first-order valence-corrected chi connectivity index (χ1v) is 10.4. The summed E-state index contributed by atoms with van der Waals surface area (Å²) in [5.74, 6) is 0. The van der Waals surface area contributed by atoms with E-state index in [1.807, 2.05) is 32.9 Å². The van der Waals surface area contributed by atoms with Gasteiger partial charge in [0.05, 0.1) is 4.90 Å². The molecular weight excluding hydrogens is 350 g/mol. The van der Waals surface area contributed by atoms with Gasteiger partial charge in [-0.1, -0.05) is 17.7 Å². The van der Waals surface area contributed by atoms with E-state index in [4.69, 9.17) is 4.74 Å². The van der Waals surface area contributed by atoms with E-state index in [0.29, 0.717) is 10.9 Å². The lowest BCUT2D eigenvalue weighted by Gasteiger charge is -2.29. The quantitative estimate of drug-likeness (QED) is 0.869. The fourth-order valence-electron chi connectivity index (χ4n) is 3.66. The Hall–Kier alpha value is -1.99. The third-order valence-corrected chi connectivity index (χ3v) is 6.51. The Bertz CT molecular complexity index is 838. The van der Waals surface area contributed by atoms with E-state index in [-0.39, 0.29) is 12.1 Å². The summed E-state index contributed by atoms with van der Waals surface area (Å²) in [6.07, 6.45) is 6.35. The van der Waals surface area contributed by atoms with Gasteiger partial charge in [-0.15, -0.1) is 0 Å². The molecular formula is C19H25N3O3S. The lowest BCUT2D eigenvalue weighted by molar-refractivity contribution is 0.132.